The maximum atomic E-state index is 13.8. The van der Waals surface area contributed by atoms with Crippen LogP contribution in [-0.2, 0) is 11.3 Å². The van der Waals surface area contributed by atoms with Crippen LogP contribution in [0, 0.1) is 11.8 Å². The van der Waals surface area contributed by atoms with Gasteiger partial charge in [-0.1, -0.05) is 27.7 Å². The lowest BCUT2D eigenvalue weighted by Crippen LogP contribution is -2.41. The topological polar surface area (TPSA) is 130 Å². The standard InChI is InChI=1S/C34H51N7O4.2ClH/c1-23(2)16-19-40(20-17-24(3)4)30(42)25-10-15-28-29(22-25)41(18-9-21-45-33(44)39-34(5,6)7)31(38-28)36-26-11-13-27(14-12-26)37-32(43)35-8;;/h10-15,22-24H,9,16-21H2,1-8H3,(H,36,38)(H,39,44)(H2,35,37,43);2*1H. The molecule has 3 aromatic rings. The third-order valence-corrected chi connectivity index (χ3v) is 7.10. The van der Waals surface area contributed by atoms with Crippen molar-refractivity contribution in [3.63, 3.8) is 0 Å². The van der Waals surface area contributed by atoms with Gasteiger partial charge in [0.25, 0.3) is 5.91 Å². The van der Waals surface area contributed by atoms with Crippen LogP contribution >= 0.6 is 24.8 Å². The number of carbonyl (C=O) groups excluding carboxylic acids is 3. The van der Waals surface area contributed by atoms with Crippen LogP contribution in [0.25, 0.3) is 11.0 Å². The van der Waals surface area contributed by atoms with Gasteiger partial charge < -0.3 is 35.5 Å². The van der Waals surface area contributed by atoms with Gasteiger partial charge in [-0.2, -0.15) is 0 Å². The minimum Gasteiger partial charge on any atom is -0.449 e. The molecule has 47 heavy (non-hydrogen) atoms. The van der Waals surface area contributed by atoms with Crippen LogP contribution in [-0.4, -0.2) is 64.8 Å². The van der Waals surface area contributed by atoms with Gasteiger partial charge in [0.15, 0.2) is 0 Å². The van der Waals surface area contributed by atoms with Gasteiger partial charge in [-0.05, 0) is 94.3 Å². The first-order chi connectivity index (χ1) is 21.3. The quantitative estimate of drug-likeness (QED) is 0.127. The molecule has 0 aliphatic carbocycles. The summed E-state index contributed by atoms with van der Waals surface area (Å²) in [6.07, 6.45) is 1.97. The number of imidazole rings is 1. The highest BCUT2D eigenvalue weighted by Crippen LogP contribution is 2.26. The minimum atomic E-state index is -0.461. The highest BCUT2D eigenvalue weighted by Gasteiger charge is 2.20. The summed E-state index contributed by atoms with van der Waals surface area (Å²) >= 11 is 0. The van der Waals surface area contributed by atoms with Crippen molar-refractivity contribution < 1.29 is 19.1 Å². The number of fused-ring (bicyclic) bond motifs is 1. The van der Waals surface area contributed by atoms with Crippen LogP contribution in [0.2, 0.25) is 0 Å². The number of hydrogen-bond acceptors (Lipinski definition) is 6. The molecule has 0 fully saturated rings. The third-order valence-electron chi connectivity index (χ3n) is 7.10. The number of carbonyl (C=O) groups is 3. The van der Waals surface area contributed by atoms with E-state index >= 15 is 0 Å². The van der Waals surface area contributed by atoms with E-state index in [9.17, 15) is 14.4 Å². The number of rotatable bonds is 14. The number of benzene rings is 2. The Balaban J connectivity index is 0.00000552. The van der Waals surface area contributed by atoms with Crippen molar-refractivity contribution in [1.29, 1.82) is 0 Å². The van der Waals surface area contributed by atoms with Gasteiger partial charge in [-0.3, -0.25) is 4.79 Å². The predicted molar refractivity (Wildman–Crippen MR) is 196 cm³/mol. The van der Waals surface area contributed by atoms with E-state index in [1.54, 1.807) is 19.2 Å². The van der Waals surface area contributed by atoms with Crippen LogP contribution in [0.1, 0.15) is 78.1 Å². The van der Waals surface area contributed by atoms with Gasteiger partial charge in [0.2, 0.25) is 5.95 Å². The Hall–Kier alpha value is -3.70. The van der Waals surface area contributed by atoms with Crippen LogP contribution in [0.15, 0.2) is 42.5 Å². The highest BCUT2D eigenvalue weighted by atomic mass is 35.5. The van der Waals surface area contributed by atoms with Gasteiger partial charge in [0.1, 0.15) is 0 Å². The molecule has 4 amide bonds. The largest absolute Gasteiger partial charge is 0.449 e. The second kappa shape index (κ2) is 19.2. The Labute approximate surface area is 291 Å². The number of nitrogens with zero attached hydrogens (tertiary/aromatic N) is 3. The molecule has 0 radical (unpaired) electrons. The molecule has 0 atom stereocenters. The van der Waals surface area contributed by atoms with Crippen LogP contribution in [0.3, 0.4) is 0 Å². The first-order valence-electron chi connectivity index (χ1n) is 15.9. The van der Waals surface area contributed by atoms with E-state index in [0.717, 1.165) is 29.6 Å². The zero-order chi connectivity index (χ0) is 33.1. The first kappa shape index (κ1) is 41.3. The summed E-state index contributed by atoms with van der Waals surface area (Å²) in [5, 5.41) is 11.5. The summed E-state index contributed by atoms with van der Waals surface area (Å²) in [6.45, 7) is 16.5. The van der Waals surface area contributed by atoms with Crippen LogP contribution < -0.4 is 21.3 Å². The number of aromatic nitrogens is 2. The number of ether oxygens (including phenoxy) is 1. The molecule has 1 aromatic heterocycles. The molecule has 13 heteroatoms. The van der Waals surface area contributed by atoms with E-state index < -0.39 is 6.09 Å². The maximum absolute atomic E-state index is 13.8. The SMILES string of the molecule is CNC(=O)Nc1ccc(Nc2nc3ccc(C(=O)N(CCC(C)C)CCC(C)C)cc3n2CCCOC(=O)NC(C)(C)C)cc1.Cl.Cl. The van der Waals surface area contributed by atoms with E-state index in [-0.39, 0.29) is 48.9 Å². The fourth-order valence-electron chi connectivity index (χ4n) is 4.59. The molecule has 11 nitrogen and oxygen atoms in total. The normalized spacial score (nSPS) is 11.0. The number of anilines is 3. The van der Waals surface area contributed by atoms with Crippen molar-refractivity contribution in [3.8, 4) is 0 Å². The summed E-state index contributed by atoms with van der Waals surface area (Å²) in [6, 6.07) is 12.7. The van der Waals surface area contributed by atoms with Gasteiger partial charge in [0.05, 0.1) is 17.6 Å². The Morgan fingerprint density at radius 2 is 1.51 bits per heavy atom. The number of urea groups is 1. The number of alkyl carbamates (subject to hydrolysis) is 1. The lowest BCUT2D eigenvalue weighted by molar-refractivity contribution is 0.0740. The van der Waals surface area contributed by atoms with Gasteiger partial charge >= 0.3 is 12.1 Å². The van der Waals surface area contributed by atoms with E-state index in [1.807, 2.05) is 60.6 Å². The van der Waals surface area contributed by atoms with Gasteiger partial charge in [-0.25, -0.2) is 14.6 Å². The zero-order valence-corrected chi connectivity index (χ0v) is 30.6. The van der Waals surface area contributed by atoms with Gasteiger partial charge in [0, 0.05) is 49.2 Å². The fourth-order valence-corrected chi connectivity index (χ4v) is 4.59. The smallest absolute Gasteiger partial charge is 0.407 e. The van der Waals surface area contributed by atoms with Crippen LogP contribution in [0.5, 0.6) is 0 Å². The average Bonchev–Trinajstić information content (AvgIpc) is 3.30. The molecule has 0 unspecified atom stereocenters. The molecular weight excluding hydrogens is 641 g/mol. The highest BCUT2D eigenvalue weighted by molar-refractivity contribution is 5.98. The van der Waals surface area contributed by atoms with E-state index in [1.165, 1.54) is 0 Å². The molecule has 0 bridgehead atoms. The zero-order valence-electron chi connectivity index (χ0n) is 28.9. The number of halogens is 2. The fraction of sp³-hybridized carbons (Fsp3) is 0.529. The second-order valence-corrected chi connectivity index (χ2v) is 13.2. The number of hydrogen-bond donors (Lipinski definition) is 4. The molecule has 0 saturated carbocycles. The molecule has 262 valence electrons. The third kappa shape index (κ3) is 13.5. The Morgan fingerprint density at radius 3 is 2.06 bits per heavy atom. The Bertz CT molecular complexity index is 1420. The molecule has 1 heterocycles. The maximum Gasteiger partial charge on any atom is 0.407 e. The summed E-state index contributed by atoms with van der Waals surface area (Å²) in [7, 11) is 1.56. The van der Waals surface area contributed by atoms with E-state index in [2.05, 4.69) is 49.0 Å². The Morgan fingerprint density at radius 1 is 0.915 bits per heavy atom. The molecule has 0 saturated heterocycles. The van der Waals surface area contributed by atoms with Crippen molar-refractivity contribution in [2.24, 2.45) is 11.8 Å². The van der Waals surface area contributed by atoms with Crippen molar-refractivity contribution >= 4 is 71.2 Å². The number of amides is 4. The second-order valence-electron chi connectivity index (χ2n) is 13.2. The van der Waals surface area contributed by atoms with E-state index in [4.69, 9.17) is 9.72 Å². The Kier molecular flexibility index (Phi) is 16.9. The first-order valence-corrected chi connectivity index (χ1v) is 15.9. The summed E-state index contributed by atoms with van der Waals surface area (Å²) in [5.74, 6) is 1.61. The van der Waals surface area contributed by atoms with Crippen LogP contribution in [0.4, 0.5) is 26.9 Å². The summed E-state index contributed by atoms with van der Waals surface area (Å²) in [4.78, 5) is 44.5. The summed E-state index contributed by atoms with van der Waals surface area (Å²) in [5.41, 5.74) is 3.22. The summed E-state index contributed by atoms with van der Waals surface area (Å²) < 4.78 is 7.44. The number of nitrogens with one attached hydrogen (secondary N) is 4. The van der Waals surface area contributed by atoms with Crippen molar-refractivity contribution in [2.75, 3.05) is 37.4 Å². The lowest BCUT2D eigenvalue weighted by Gasteiger charge is -2.24. The molecule has 0 spiro atoms. The van der Waals surface area contributed by atoms with Crippen molar-refractivity contribution in [1.82, 2.24) is 25.1 Å². The monoisotopic (exact) mass is 693 g/mol. The number of aryl methyl sites for hydroxylation is 1. The molecule has 2 aromatic carbocycles. The average molecular weight is 695 g/mol. The molecule has 3 rings (SSSR count). The predicted octanol–water partition coefficient (Wildman–Crippen LogP) is 7.82. The van der Waals surface area contributed by atoms with Gasteiger partial charge in [-0.15, -0.1) is 24.8 Å². The van der Waals surface area contributed by atoms with Crippen molar-refractivity contribution in [2.45, 2.75) is 79.8 Å². The lowest BCUT2D eigenvalue weighted by atomic mass is 10.1. The molecular formula is C34H53Cl2N7O4. The molecule has 0 aliphatic heterocycles. The molecule has 4 N–H and O–H groups in total. The molecule has 0 aliphatic rings. The van der Waals surface area contributed by atoms with Crippen molar-refractivity contribution in [3.05, 3.63) is 48.0 Å². The van der Waals surface area contributed by atoms with E-state index in [0.29, 0.717) is 55.1 Å². The minimum absolute atomic E-state index is 0.